The van der Waals surface area contributed by atoms with E-state index in [-0.39, 0.29) is 11.9 Å². The number of carbonyl (C=O) groups excluding carboxylic acids is 1. The molecule has 0 aromatic heterocycles. The molecule has 0 radical (unpaired) electrons. The summed E-state index contributed by atoms with van der Waals surface area (Å²) in [5.41, 5.74) is -0.910. The second-order valence-electron chi connectivity index (χ2n) is 4.84. The normalized spacial score (nSPS) is 22.7. The molecule has 2 unspecified atom stereocenters. The third-order valence-electron chi connectivity index (χ3n) is 3.57. The van der Waals surface area contributed by atoms with E-state index in [0.717, 1.165) is 6.42 Å². The number of esters is 1. The molecule has 3 heteroatoms. The number of hydrogen-bond donors (Lipinski definition) is 1. The molecule has 3 nitrogen and oxygen atoms in total. The van der Waals surface area contributed by atoms with Crippen LogP contribution in [0, 0.1) is 11.8 Å². The third-order valence-corrected chi connectivity index (χ3v) is 3.57. The molecule has 0 saturated heterocycles. The Morgan fingerprint density at radius 2 is 2.20 bits per heavy atom. The van der Waals surface area contributed by atoms with Crippen LogP contribution in [0.15, 0.2) is 0 Å². The zero-order valence-corrected chi connectivity index (χ0v) is 9.95. The summed E-state index contributed by atoms with van der Waals surface area (Å²) in [6, 6.07) is 0. The van der Waals surface area contributed by atoms with Crippen LogP contribution in [0.5, 0.6) is 0 Å². The maximum atomic E-state index is 11.5. The Balaban J connectivity index is 2.58. The first-order valence-corrected chi connectivity index (χ1v) is 5.81. The molecule has 0 spiro atoms. The van der Waals surface area contributed by atoms with Crippen molar-refractivity contribution in [3.05, 3.63) is 0 Å². The SMILES string of the molecule is CCC(C(=O)OC)C(C)(O)CC1CCC1. The highest BCUT2D eigenvalue weighted by Gasteiger charge is 2.39. The van der Waals surface area contributed by atoms with Crippen molar-refractivity contribution in [3.63, 3.8) is 0 Å². The molecule has 0 aromatic rings. The van der Waals surface area contributed by atoms with Crippen LogP contribution in [-0.4, -0.2) is 23.8 Å². The van der Waals surface area contributed by atoms with Gasteiger partial charge in [-0.05, 0) is 25.7 Å². The molecule has 1 rings (SSSR count). The highest BCUT2D eigenvalue weighted by molar-refractivity contribution is 5.73. The topological polar surface area (TPSA) is 46.5 Å². The molecule has 2 atom stereocenters. The first kappa shape index (κ1) is 12.5. The summed E-state index contributed by atoms with van der Waals surface area (Å²) in [6.45, 7) is 3.67. The fraction of sp³-hybridized carbons (Fsp3) is 0.917. The van der Waals surface area contributed by atoms with E-state index in [1.54, 1.807) is 6.92 Å². The van der Waals surface area contributed by atoms with Crippen molar-refractivity contribution >= 4 is 5.97 Å². The van der Waals surface area contributed by atoms with Crippen molar-refractivity contribution in [3.8, 4) is 0 Å². The van der Waals surface area contributed by atoms with Crippen molar-refractivity contribution < 1.29 is 14.6 Å². The second kappa shape index (κ2) is 4.97. The fourth-order valence-corrected chi connectivity index (χ4v) is 2.43. The first-order chi connectivity index (χ1) is 7.01. The predicted octanol–water partition coefficient (Wildman–Crippen LogP) is 2.13. The molecule has 0 amide bonds. The van der Waals surface area contributed by atoms with Gasteiger partial charge >= 0.3 is 5.97 Å². The summed E-state index contributed by atoms with van der Waals surface area (Å²) < 4.78 is 4.72. The maximum absolute atomic E-state index is 11.5. The Bertz CT molecular complexity index is 219. The molecule has 0 aromatic carbocycles. The van der Waals surface area contributed by atoms with Crippen LogP contribution in [0.25, 0.3) is 0 Å². The molecule has 0 aliphatic heterocycles. The zero-order chi connectivity index (χ0) is 11.5. The summed E-state index contributed by atoms with van der Waals surface area (Å²) in [7, 11) is 1.38. The van der Waals surface area contributed by atoms with Gasteiger partial charge in [0.2, 0.25) is 0 Å². The van der Waals surface area contributed by atoms with Crippen molar-refractivity contribution in [2.75, 3.05) is 7.11 Å². The Kier molecular flexibility index (Phi) is 4.14. The van der Waals surface area contributed by atoms with Gasteiger partial charge in [0, 0.05) is 0 Å². The van der Waals surface area contributed by atoms with Crippen LogP contribution in [0.3, 0.4) is 0 Å². The van der Waals surface area contributed by atoms with Crippen molar-refractivity contribution in [2.45, 2.75) is 51.6 Å². The van der Waals surface area contributed by atoms with Crippen LogP contribution in [0.1, 0.15) is 46.0 Å². The van der Waals surface area contributed by atoms with Gasteiger partial charge in [-0.15, -0.1) is 0 Å². The van der Waals surface area contributed by atoms with Crippen LogP contribution in [0.4, 0.5) is 0 Å². The van der Waals surface area contributed by atoms with E-state index in [0.29, 0.717) is 12.3 Å². The Hall–Kier alpha value is -0.570. The van der Waals surface area contributed by atoms with Crippen LogP contribution >= 0.6 is 0 Å². The van der Waals surface area contributed by atoms with Gasteiger partial charge in [0.15, 0.2) is 0 Å². The molecule has 1 saturated carbocycles. The van der Waals surface area contributed by atoms with Crippen LogP contribution in [-0.2, 0) is 9.53 Å². The Labute approximate surface area is 91.8 Å². The molecule has 0 bridgehead atoms. The minimum absolute atomic E-state index is 0.290. The van der Waals surface area contributed by atoms with Gasteiger partial charge in [-0.2, -0.15) is 0 Å². The van der Waals surface area contributed by atoms with Gasteiger partial charge in [-0.1, -0.05) is 26.2 Å². The van der Waals surface area contributed by atoms with Crippen molar-refractivity contribution in [2.24, 2.45) is 11.8 Å². The summed E-state index contributed by atoms with van der Waals surface area (Å²) in [4.78, 5) is 11.5. The lowest BCUT2D eigenvalue weighted by Gasteiger charge is -2.37. The molecular weight excluding hydrogens is 192 g/mol. The van der Waals surface area contributed by atoms with E-state index in [1.165, 1.54) is 26.4 Å². The lowest BCUT2D eigenvalue weighted by atomic mass is 9.73. The summed E-state index contributed by atoms with van der Waals surface area (Å²) in [5.74, 6) is -0.0800. The summed E-state index contributed by atoms with van der Waals surface area (Å²) >= 11 is 0. The molecule has 1 N–H and O–H groups in total. The number of ether oxygens (including phenoxy) is 1. The van der Waals surface area contributed by atoms with Gasteiger partial charge in [0.1, 0.15) is 0 Å². The quantitative estimate of drug-likeness (QED) is 0.713. The molecule has 1 aliphatic rings. The average molecular weight is 214 g/mol. The Morgan fingerprint density at radius 3 is 2.53 bits per heavy atom. The lowest BCUT2D eigenvalue weighted by molar-refractivity contribution is -0.156. The molecule has 88 valence electrons. The molecular formula is C12H22O3. The van der Waals surface area contributed by atoms with E-state index in [1.807, 2.05) is 6.92 Å². The predicted molar refractivity (Wildman–Crippen MR) is 58.4 cm³/mol. The molecule has 1 fully saturated rings. The van der Waals surface area contributed by atoms with E-state index in [9.17, 15) is 9.90 Å². The number of hydrogen-bond acceptors (Lipinski definition) is 3. The number of aliphatic hydroxyl groups is 1. The number of methoxy groups -OCH3 is 1. The highest BCUT2D eigenvalue weighted by atomic mass is 16.5. The summed E-state index contributed by atoms with van der Waals surface area (Å²) in [6.07, 6.45) is 4.99. The smallest absolute Gasteiger partial charge is 0.311 e. The first-order valence-electron chi connectivity index (χ1n) is 5.81. The minimum atomic E-state index is -0.910. The molecule has 0 heterocycles. The van der Waals surface area contributed by atoms with Gasteiger partial charge in [-0.3, -0.25) is 4.79 Å². The largest absolute Gasteiger partial charge is 0.469 e. The Morgan fingerprint density at radius 1 is 1.60 bits per heavy atom. The van der Waals surface area contributed by atoms with E-state index in [4.69, 9.17) is 4.74 Å². The number of rotatable bonds is 5. The molecule has 1 aliphatic carbocycles. The van der Waals surface area contributed by atoms with Crippen molar-refractivity contribution in [1.82, 2.24) is 0 Å². The van der Waals surface area contributed by atoms with Gasteiger partial charge in [0.05, 0.1) is 18.6 Å². The summed E-state index contributed by atoms with van der Waals surface area (Å²) in [5, 5.41) is 10.3. The zero-order valence-electron chi connectivity index (χ0n) is 9.95. The van der Waals surface area contributed by atoms with Crippen molar-refractivity contribution in [1.29, 1.82) is 0 Å². The highest BCUT2D eigenvalue weighted by Crippen LogP contribution is 2.37. The van der Waals surface area contributed by atoms with E-state index < -0.39 is 5.60 Å². The standard InChI is InChI=1S/C12H22O3/c1-4-10(11(13)15-3)12(2,14)8-9-6-5-7-9/h9-10,14H,4-8H2,1-3H3. The lowest BCUT2D eigenvalue weighted by Crippen LogP contribution is -2.42. The monoisotopic (exact) mass is 214 g/mol. The second-order valence-corrected chi connectivity index (χ2v) is 4.84. The van der Waals surface area contributed by atoms with Crippen LogP contribution in [0.2, 0.25) is 0 Å². The van der Waals surface area contributed by atoms with E-state index >= 15 is 0 Å². The van der Waals surface area contributed by atoms with Gasteiger partial charge < -0.3 is 9.84 Å². The minimum Gasteiger partial charge on any atom is -0.469 e. The molecule has 15 heavy (non-hydrogen) atoms. The fourth-order valence-electron chi connectivity index (χ4n) is 2.43. The average Bonchev–Trinajstić information content (AvgIpc) is 2.12. The van der Waals surface area contributed by atoms with Gasteiger partial charge in [-0.25, -0.2) is 0 Å². The van der Waals surface area contributed by atoms with E-state index in [2.05, 4.69) is 0 Å². The maximum Gasteiger partial charge on any atom is 0.311 e. The third kappa shape index (κ3) is 2.94. The van der Waals surface area contributed by atoms with Gasteiger partial charge in [0.25, 0.3) is 0 Å². The van der Waals surface area contributed by atoms with Crippen LogP contribution < -0.4 is 0 Å². The number of carbonyl (C=O) groups is 1.